The van der Waals surface area contributed by atoms with Crippen molar-refractivity contribution in [3.05, 3.63) is 35.9 Å². The van der Waals surface area contributed by atoms with Crippen LogP contribution in [0.5, 0.6) is 0 Å². The zero-order valence-corrected chi connectivity index (χ0v) is 19.4. The number of hydrogen-bond donors (Lipinski definition) is 0. The number of carbonyl (C=O) groups excluding carboxylic acids is 1. The molecule has 24 heavy (non-hydrogen) atoms. The molecule has 0 unspecified atom stereocenters. The first-order valence-electron chi connectivity index (χ1n) is 9.05. The first kappa shape index (κ1) is 21.2. The summed E-state index contributed by atoms with van der Waals surface area (Å²) in [5, 5.41) is 6.59. The van der Waals surface area contributed by atoms with Gasteiger partial charge in [0.25, 0.3) is 0 Å². The third-order valence-electron chi connectivity index (χ3n) is 4.20. The third kappa shape index (κ3) is 6.23. The molecule has 1 rings (SSSR count). The second-order valence-electron chi connectivity index (χ2n) is 8.15. The monoisotopic (exact) mass is 438 g/mol. The van der Waals surface area contributed by atoms with Crippen molar-refractivity contribution in [3.63, 3.8) is 0 Å². The molecule has 134 valence electrons. The van der Waals surface area contributed by atoms with Gasteiger partial charge in [-0.2, -0.15) is 0 Å². The Bertz CT molecular complexity index is 559. The summed E-state index contributed by atoms with van der Waals surface area (Å²) in [5.41, 5.74) is 2.14. The van der Waals surface area contributed by atoms with E-state index in [0.29, 0.717) is 6.54 Å². The average Bonchev–Trinajstić information content (AvgIpc) is 2.50. The standard InChI is InChI=1S/C17H25N2O.3CH3.Sn/c1-6-13-19(14(3)20)18-16(7-2)17(4,5)15-11-9-8-10-12-15;;;;/h8-12H,3,6-7,13H2,1-2,4-5H3;3*1H3;/b18-16+;;;;. The van der Waals surface area contributed by atoms with Gasteiger partial charge in [0.1, 0.15) is 0 Å². The predicted molar refractivity (Wildman–Crippen MR) is 107 cm³/mol. The summed E-state index contributed by atoms with van der Waals surface area (Å²) in [6.45, 7) is 9.32. The van der Waals surface area contributed by atoms with Crippen molar-refractivity contribution in [1.29, 1.82) is 0 Å². The molecule has 0 fully saturated rings. The van der Waals surface area contributed by atoms with E-state index in [1.807, 2.05) is 6.07 Å². The normalized spacial score (nSPS) is 13.0. The fraction of sp³-hybridized carbons (Fsp3) is 0.600. The number of hydrogen-bond acceptors (Lipinski definition) is 2. The molecule has 0 atom stereocenters. The van der Waals surface area contributed by atoms with Crippen LogP contribution in [0.1, 0.15) is 46.1 Å². The molecule has 0 bridgehead atoms. The molecule has 0 spiro atoms. The Balaban J connectivity index is 3.15. The van der Waals surface area contributed by atoms with Gasteiger partial charge < -0.3 is 0 Å². The maximum absolute atomic E-state index is 12.7. The Labute approximate surface area is 152 Å². The SMILES string of the molecule is CCCN(/N=C(\CC)C(C)(C)c1ccccc1)C(=O)[CH2][Sn]([CH3])([CH3])[CH3]. The van der Waals surface area contributed by atoms with E-state index in [0.717, 1.165) is 23.0 Å². The molecule has 1 aromatic carbocycles. The first-order chi connectivity index (χ1) is 11.1. The second-order valence-corrected chi connectivity index (χ2v) is 23.8. The molecule has 0 saturated carbocycles. The van der Waals surface area contributed by atoms with Crippen LogP contribution in [0.15, 0.2) is 35.4 Å². The van der Waals surface area contributed by atoms with Gasteiger partial charge in [0.15, 0.2) is 0 Å². The molecule has 0 N–H and O–H groups in total. The second kappa shape index (κ2) is 9.02. The quantitative estimate of drug-likeness (QED) is 0.309. The van der Waals surface area contributed by atoms with Crippen molar-refractivity contribution in [2.75, 3.05) is 6.54 Å². The van der Waals surface area contributed by atoms with E-state index in [1.54, 1.807) is 5.01 Å². The first-order valence-corrected chi connectivity index (χ1v) is 19.6. The van der Waals surface area contributed by atoms with Gasteiger partial charge in [-0.25, -0.2) is 0 Å². The van der Waals surface area contributed by atoms with Crippen molar-refractivity contribution in [2.24, 2.45) is 5.10 Å². The van der Waals surface area contributed by atoms with E-state index in [1.165, 1.54) is 5.56 Å². The number of hydrazone groups is 1. The Morgan fingerprint density at radius 3 is 2.17 bits per heavy atom. The molecule has 4 heteroatoms. The van der Waals surface area contributed by atoms with Gasteiger partial charge in [-0.3, -0.25) is 0 Å². The van der Waals surface area contributed by atoms with Crippen molar-refractivity contribution < 1.29 is 4.79 Å². The van der Waals surface area contributed by atoms with Gasteiger partial charge in [0, 0.05) is 0 Å². The van der Waals surface area contributed by atoms with E-state index < -0.39 is 18.4 Å². The maximum atomic E-state index is 12.7. The summed E-state index contributed by atoms with van der Waals surface area (Å²) in [4.78, 5) is 19.6. The van der Waals surface area contributed by atoms with Crippen LogP contribution in [0, 0.1) is 0 Å². The van der Waals surface area contributed by atoms with E-state index >= 15 is 0 Å². The third-order valence-corrected chi connectivity index (χ3v) is 8.09. The van der Waals surface area contributed by atoms with E-state index in [2.05, 4.69) is 66.8 Å². The number of nitrogens with zero attached hydrogens (tertiary/aromatic N) is 2. The topological polar surface area (TPSA) is 32.7 Å². The Kier molecular flexibility index (Phi) is 7.97. The van der Waals surface area contributed by atoms with Gasteiger partial charge in [-0.05, 0) is 0 Å². The zero-order valence-electron chi connectivity index (χ0n) is 16.5. The van der Waals surface area contributed by atoms with Gasteiger partial charge in [-0.1, -0.05) is 0 Å². The van der Waals surface area contributed by atoms with Crippen LogP contribution in [0.4, 0.5) is 0 Å². The van der Waals surface area contributed by atoms with Crippen LogP contribution in [0.3, 0.4) is 0 Å². The fourth-order valence-corrected chi connectivity index (χ4v) is 5.90. The van der Waals surface area contributed by atoms with Crippen molar-refractivity contribution in [3.8, 4) is 0 Å². The van der Waals surface area contributed by atoms with Crippen LogP contribution < -0.4 is 0 Å². The summed E-state index contributed by atoms with van der Waals surface area (Å²) in [7, 11) is 0. The van der Waals surface area contributed by atoms with Gasteiger partial charge in [0.05, 0.1) is 0 Å². The van der Waals surface area contributed by atoms with E-state index in [9.17, 15) is 4.79 Å². The van der Waals surface area contributed by atoms with Crippen LogP contribution in [-0.2, 0) is 10.2 Å². The molecular weight excluding hydrogens is 403 g/mol. The minimum absolute atomic E-state index is 0.173. The van der Waals surface area contributed by atoms with Crippen LogP contribution in [-0.4, -0.2) is 41.5 Å². The number of amides is 1. The molecule has 0 aliphatic rings. The Morgan fingerprint density at radius 2 is 1.71 bits per heavy atom. The van der Waals surface area contributed by atoms with Crippen LogP contribution in [0.2, 0.25) is 19.3 Å². The van der Waals surface area contributed by atoms with Crippen molar-refractivity contribution >= 4 is 30.0 Å². The molecule has 1 amide bonds. The van der Waals surface area contributed by atoms with Crippen molar-refractivity contribution in [1.82, 2.24) is 5.01 Å². The number of carbonyl (C=O) groups is 1. The summed E-state index contributed by atoms with van der Waals surface area (Å²) < 4.78 is 0.723. The minimum atomic E-state index is -2.17. The van der Waals surface area contributed by atoms with Gasteiger partial charge in [-0.15, -0.1) is 0 Å². The van der Waals surface area contributed by atoms with E-state index in [4.69, 9.17) is 5.10 Å². The zero-order chi connectivity index (χ0) is 18.4. The van der Waals surface area contributed by atoms with Crippen LogP contribution >= 0.6 is 0 Å². The van der Waals surface area contributed by atoms with Gasteiger partial charge >= 0.3 is 153 Å². The Hall–Kier alpha value is -0.841. The molecule has 0 aliphatic heterocycles. The predicted octanol–water partition coefficient (Wildman–Crippen LogP) is 5.31. The number of benzene rings is 1. The fourth-order valence-electron chi connectivity index (χ4n) is 2.79. The molecular formula is C20H34N2OSn. The summed E-state index contributed by atoms with van der Waals surface area (Å²) in [6, 6.07) is 10.4. The number of rotatable bonds is 8. The summed E-state index contributed by atoms with van der Waals surface area (Å²) >= 11 is -2.17. The van der Waals surface area contributed by atoms with E-state index in [-0.39, 0.29) is 11.3 Å². The van der Waals surface area contributed by atoms with Crippen LogP contribution in [0.25, 0.3) is 0 Å². The van der Waals surface area contributed by atoms with Crippen molar-refractivity contribution in [2.45, 2.75) is 65.2 Å². The molecule has 0 radical (unpaired) electrons. The Morgan fingerprint density at radius 1 is 1.12 bits per heavy atom. The molecule has 0 aliphatic carbocycles. The molecule has 0 heterocycles. The summed E-state index contributed by atoms with van der Waals surface area (Å²) in [5.74, 6) is 0.204. The summed E-state index contributed by atoms with van der Waals surface area (Å²) in [6.07, 6.45) is 1.77. The molecule has 1 aromatic rings. The molecule has 3 nitrogen and oxygen atoms in total. The molecule has 0 saturated heterocycles. The average molecular weight is 437 g/mol. The molecule has 0 aromatic heterocycles. The van der Waals surface area contributed by atoms with Gasteiger partial charge in [0.2, 0.25) is 0 Å².